The number of esters is 1. The Kier molecular flexibility index (Phi) is 4.82. The van der Waals surface area contributed by atoms with Crippen molar-refractivity contribution in [1.29, 1.82) is 0 Å². The molecular formula is C21H18N4O4. The summed E-state index contributed by atoms with van der Waals surface area (Å²) in [5, 5.41) is 4.39. The molecular weight excluding hydrogens is 372 g/mol. The molecule has 29 heavy (non-hydrogen) atoms. The summed E-state index contributed by atoms with van der Waals surface area (Å²) < 4.78 is 13.1. The van der Waals surface area contributed by atoms with Crippen molar-refractivity contribution in [2.75, 3.05) is 14.2 Å². The first-order chi connectivity index (χ1) is 14.1. The Morgan fingerprint density at radius 1 is 1.07 bits per heavy atom. The first-order valence-corrected chi connectivity index (χ1v) is 8.86. The summed E-state index contributed by atoms with van der Waals surface area (Å²) in [5.41, 5.74) is 1.85. The lowest BCUT2D eigenvalue weighted by Gasteiger charge is -2.11. The van der Waals surface area contributed by atoms with Crippen molar-refractivity contribution < 1.29 is 14.3 Å². The number of benzene rings is 1. The standard InChI is InChI=1S/C21H18N4O4/c1-28-16-8-6-15(7-9-16)25-20(26)17-12-24(11-14-5-3-4-10-22-14)13-18(19(17)23-25)21(27)29-2/h3-10,12-13H,11H2,1-2H3. The summed E-state index contributed by atoms with van der Waals surface area (Å²) in [6.45, 7) is 0.397. The van der Waals surface area contributed by atoms with E-state index in [1.165, 1.54) is 11.8 Å². The van der Waals surface area contributed by atoms with Crippen LogP contribution in [0.2, 0.25) is 0 Å². The second kappa shape index (κ2) is 7.59. The van der Waals surface area contributed by atoms with Crippen molar-refractivity contribution in [2.45, 2.75) is 6.54 Å². The van der Waals surface area contributed by atoms with Gasteiger partial charge in [0.2, 0.25) is 0 Å². The summed E-state index contributed by atoms with van der Waals surface area (Å²) in [7, 11) is 2.86. The van der Waals surface area contributed by atoms with Crippen LogP contribution in [-0.4, -0.2) is 39.5 Å². The van der Waals surface area contributed by atoms with Crippen LogP contribution in [0.15, 0.2) is 65.8 Å². The lowest BCUT2D eigenvalue weighted by Crippen LogP contribution is -2.16. The number of methoxy groups -OCH3 is 2. The summed E-state index contributed by atoms with van der Waals surface area (Å²) in [6, 6.07) is 12.5. The number of fused-ring (bicyclic) bond motifs is 1. The van der Waals surface area contributed by atoms with Crippen LogP contribution in [0.4, 0.5) is 0 Å². The van der Waals surface area contributed by atoms with Crippen molar-refractivity contribution in [3.63, 3.8) is 0 Å². The van der Waals surface area contributed by atoms with Crippen LogP contribution in [0.1, 0.15) is 16.1 Å². The highest BCUT2D eigenvalue weighted by Gasteiger charge is 2.25. The summed E-state index contributed by atoms with van der Waals surface area (Å²) in [5.74, 6) is 0.103. The summed E-state index contributed by atoms with van der Waals surface area (Å²) >= 11 is 0. The van der Waals surface area contributed by atoms with Gasteiger partial charge in [-0.25, -0.2) is 4.79 Å². The van der Waals surface area contributed by atoms with Crippen LogP contribution in [0.3, 0.4) is 0 Å². The number of carbonyl (C=O) groups excluding carboxylic acids is 1. The Morgan fingerprint density at radius 3 is 2.52 bits per heavy atom. The number of ether oxygens (including phenoxy) is 2. The third-order valence-corrected chi connectivity index (χ3v) is 4.52. The topological polar surface area (TPSA) is 88.2 Å². The molecule has 0 saturated carbocycles. The fraction of sp³-hybridized carbons (Fsp3) is 0.143. The van der Waals surface area contributed by atoms with Crippen LogP contribution in [-0.2, 0) is 11.3 Å². The first-order valence-electron chi connectivity index (χ1n) is 8.86. The number of rotatable bonds is 5. The zero-order valence-electron chi connectivity index (χ0n) is 15.9. The smallest absolute Gasteiger partial charge is 0.341 e. The van der Waals surface area contributed by atoms with Crippen LogP contribution in [0.5, 0.6) is 5.75 Å². The number of hydrogen-bond donors (Lipinski definition) is 0. The highest BCUT2D eigenvalue weighted by molar-refractivity contribution is 5.96. The number of nitrogens with zero attached hydrogens (tertiary/aromatic N) is 4. The molecule has 0 saturated heterocycles. The molecule has 146 valence electrons. The molecule has 8 nitrogen and oxygen atoms in total. The van der Waals surface area contributed by atoms with Gasteiger partial charge in [0.1, 0.15) is 17.0 Å². The van der Waals surface area contributed by atoms with Gasteiger partial charge in [0.25, 0.3) is 5.56 Å². The molecule has 0 amide bonds. The molecule has 0 bridgehead atoms. The quantitative estimate of drug-likeness (QED) is 0.486. The van der Waals surface area contributed by atoms with Crippen LogP contribution < -0.4 is 10.3 Å². The van der Waals surface area contributed by atoms with Crippen LogP contribution in [0, 0.1) is 0 Å². The first kappa shape index (κ1) is 18.4. The third-order valence-electron chi connectivity index (χ3n) is 4.52. The average Bonchev–Trinajstić information content (AvgIpc) is 3.10. The van der Waals surface area contributed by atoms with Gasteiger partial charge >= 0.3 is 5.97 Å². The van der Waals surface area contributed by atoms with Gasteiger partial charge in [-0.1, -0.05) is 6.07 Å². The molecule has 0 unspecified atom stereocenters. The van der Waals surface area contributed by atoms with Crippen molar-refractivity contribution in [1.82, 2.24) is 19.3 Å². The molecule has 2 aliphatic heterocycles. The second-order valence-electron chi connectivity index (χ2n) is 6.33. The fourth-order valence-electron chi connectivity index (χ4n) is 3.09. The second-order valence-corrected chi connectivity index (χ2v) is 6.33. The lowest BCUT2D eigenvalue weighted by molar-refractivity contribution is 0.0600. The zero-order valence-corrected chi connectivity index (χ0v) is 15.9. The maximum Gasteiger partial charge on any atom is 0.341 e. The molecule has 0 radical (unpaired) electrons. The van der Waals surface area contributed by atoms with Crippen LogP contribution in [0.25, 0.3) is 16.9 Å². The van der Waals surface area contributed by atoms with E-state index in [0.29, 0.717) is 23.5 Å². The Bertz CT molecular complexity index is 1180. The minimum absolute atomic E-state index is 0.213. The van der Waals surface area contributed by atoms with Gasteiger partial charge in [-0.3, -0.25) is 9.78 Å². The SMILES string of the molecule is COC(=O)c1cn(Cc2ccccn2)cc2c(=O)n(-c3ccc(OC)cc3)nc1-2. The van der Waals surface area contributed by atoms with Gasteiger partial charge in [0.15, 0.2) is 0 Å². The Hall–Kier alpha value is -3.94. The molecule has 1 aromatic heterocycles. The van der Waals surface area contributed by atoms with E-state index >= 15 is 0 Å². The van der Waals surface area contributed by atoms with Crippen molar-refractivity contribution >= 4 is 5.97 Å². The van der Waals surface area contributed by atoms with E-state index in [9.17, 15) is 9.59 Å². The van der Waals surface area contributed by atoms with E-state index in [4.69, 9.17) is 9.47 Å². The number of carbonyl (C=O) groups is 1. The summed E-state index contributed by atoms with van der Waals surface area (Å²) in [6.07, 6.45) is 4.98. The number of pyridine rings is 2. The van der Waals surface area contributed by atoms with Crippen molar-refractivity contribution in [3.05, 3.63) is 82.7 Å². The van der Waals surface area contributed by atoms with Crippen molar-refractivity contribution in [3.8, 4) is 22.7 Å². The molecule has 3 heterocycles. The predicted molar refractivity (Wildman–Crippen MR) is 106 cm³/mol. The number of hydrogen-bond acceptors (Lipinski definition) is 6. The zero-order chi connectivity index (χ0) is 20.4. The molecule has 8 heteroatoms. The van der Waals surface area contributed by atoms with Gasteiger partial charge < -0.3 is 14.0 Å². The van der Waals surface area contributed by atoms with Gasteiger partial charge in [0, 0.05) is 18.6 Å². The minimum atomic E-state index is -0.565. The highest BCUT2D eigenvalue weighted by atomic mass is 16.5. The molecule has 0 N–H and O–H groups in total. The summed E-state index contributed by atoms with van der Waals surface area (Å²) in [4.78, 5) is 29.7. The molecule has 0 spiro atoms. The minimum Gasteiger partial charge on any atom is -0.497 e. The fourth-order valence-corrected chi connectivity index (χ4v) is 3.09. The molecule has 1 aromatic carbocycles. The molecule has 4 rings (SSSR count). The molecule has 2 aliphatic rings. The monoisotopic (exact) mass is 390 g/mol. The molecule has 2 aromatic rings. The third kappa shape index (κ3) is 3.47. The predicted octanol–water partition coefficient (Wildman–Crippen LogP) is 2.38. The van der Waals surface area contributed by atoms with E-state index in [1.54, 1.807) is 54.5 Å². The van der Waals surface area contributed by atoms with E-state index < -0.39 is 5.97 Å². The highest BCUT2D eigenvalue weighted by Crippen LogP contribution is 2.24. The largest absolute Gasteiger partial charge is 0.497 e. The Morgan fingerprint density at radius 2 is 1.86 bits per heavy atom. The maximum atomic E-state index is 13.0. The van der Waals surface area contributed by atoms with Gasteiger partial charge in [0.05, 0.1) is 37.7 Å². The molecule has 0 aliphatic carbocycles. The van der Waals surface area contributed by atoms with E-state index in [1.807, 2.05) is 18.2 Å². The van der Waals surface area contributed by atoms with Crippen molar-refractivity contribution in [2.24, 2.45) is 0 Å². The molecule has 0 fully saturated rings. The Labute approximate surface area is 166 Å². The molecule has 0 atom stereocenters. The lowest BCUT2D eigenvalue weighted by atomic mass is 10.1. The van der Waals surface area contributed by atoms with Gasteiger partial charge in [-0.2, -0.15) is 9.78 Å². The van der Waals surface area contributed by atoms with Gasteiger partial charge in [-0.15, -0.1) is 0 Å². The average molecular weight is 390 g/mol. The number of aromatic nitrogens is 4. The Balaban J connectivity index is 1.86. The maximum absolute atomic E-state index is 13.0. The van der Waals surface area contributed by atoms with E-state index in [-0.39, 0.29) is 16.8 Å². The van der Waals surface area contributed by atoms with E-state index in [0.717, 1.165) is 5.69 Å². The van der Waals surface area contributed by atoms with Gasteiger partial charge in [-0.05, 0) is 36.4 Å². The van der Waals surface area contributed by atoms with Crippen LogP contribution >= 0.6 is 0 Å². The van der Waals surface area contributed by atoms with E-state index in [2.05, 4.69) is 10.1 Å². The normalized spacial score (nSPS) is 10.8.